The molecule has 90 valence electrons. The zero-order valence-electron chi connectivity index (χ0n) is 9.69. The Morgan fingerprint density at radius 2 is 2.18 bits per heavy atom. The van der Waals surface area contributed by atoms with Gasteiger partial charge in [-0.05, 0) is 18.4 Å². The summed E-state index contributed by atoms with van der Waals surface area (Å²) in [7, 11) is 0. The van der Waals surface area contributed by atoms with Gasteiger partial charge in [-0.1, -0.05) is 31.0 Å². The lowest BCUT2D eigenvalue weighted by molar-refractivity contribution is -0.145. The second-order valence-corrected chi connectivity index (χ2v) is 5.13. The second kappa shape index (κ2) is 3.76. The summed E-state index contributed by atoms with van der Waals surface area (Å²) in [6.45, 7) is 0.510. The van der Waals surface area contributed by atoms with Gasteiger partial charge in [0.1, 0.15) is 5.75 Å². The van der Waals surface area contributed by atoms with Crippen LogP contribution in [0, 0.1) is 5.92 Å². The molecule has 0 spiro atoms. The number of aliphatic carboxylic acids is 1. The molecule has 1 aromatic carbocycles. The van der Waals surface area contributed by atoms with Gasteiger partial charge in [-0.3, -0.25) is 4.79 Å². The van der Waals surface area contributed by atoms with Gasteiger partial charge >= 0.3 is 5.97 Å². The molecule has 1 N–H and O–H groups in total. The van der Waals surface area contributed by atoms with Crippen LogP contribution in [0.2, 0.25) is 0 Å². The van der Waals surface area contributed by atoms with Gasteiger partial charge in [0.15, 0.2) is 0 Å². The Kier molecular flexibility index (Phi) is 2.35. The molecule has 3 nitrogen and oxygen atoms in total. The number of para-hydroxylation sites is 1. The van der Waals surface area contributed by atoms with Crippen molar-refractivity contribution in [3.05, 3.63) is 29.8 Å². The van der Waals surface area contributed by atoms with Crippen molar-refractivity contribution in [2.75, 3.05) is 6.61 Å². The maximum absolute atomic E-state index is 11.7. The van der Waals surface area contributed by atoms with Crippen LogP contribution >= 0.6 is 0 Å². The molecule has 0 amide bonds. The fraction of sp³-hybridized carbons (Fsp3) is 0.500. The van der Waals surface area contributed by atoms with E-state index in [1.165, 1.54) is 12.8 Å². The van der Waals surface area contributed by atoms with Crippen LogP contribution in [0.5, 0.6) is 5.75 Å². The molecule has 1 aliphatic carbocycles. The molecule has 1 fully saturated rings. The summed E-state index contributed by atoms with van der Waals surface area (Å²) in [5.41, 5.74) is 0.154. The average Bonchev–Trinajstić information content (AvgIpc) is 3.13. The summed E-state index contributed by atoms with van der Waals surface area (Å²) in [6.07, 6.45) is 3.72. The lowest BCUT2D eigenvalue weighted by Crippen LogP contribution is -2.41. The summed E-state index contributed by atoms with van der Waals surface area (Å²) in [6, 6.07) is 7.58. The fourth-order valence-corrected chi connectivity index (χ4v) is 2.79. The number of benzene rings is 1. The SMILES string of the molecule is O=C(O)C1(CC2CC2)CCOc2ccccc21. The first-order valence-corrected chi connectivity index (χ1v) is 6.18. The van der Waals surface area contributed by atoms with Gasteiger partial charge in [0.05, 0.1) is 12.0 Å². The summed E-state index contributed by atoms with van der Waals surface area (Å²) in [5, 5.41) is 9.66. The molecule has 1 aliphatic heterocycles. The van der Waals surface area contributed by atoms with Gasteiger partial charge in [-0.15, -0.1) is 0 Å². The van der Waals surface area contributed by atoms with Crippen molar-refractivity contribution in [1.29, 1.82) is 0 Å². The van der Waals surface area contributed by atoms with E-state index >= 15 is 0 Å². The van der Waals surface area contributed by atoms with E-state index in [9.17, 15) is 9.90 Å². The molecule has 17 heavy (non-hydrogen) atoms. The minimum atomic E-state index is -0.712. The van der Waals surface area contributed by atoms with E-state index < -0.39 is 11.4 Å². The molecular formula is C14H16O3. The number of carboxylic acids is 1. The number of hydrogen-bond donors (Lipinski definition) is 1. The quantitative estimate of drug-likeness (QED) is 0.871. The Labute approximate surface area is 100 Å². The van der Waals surface area contributed by atoms with E-state index in [2.05, 4.69) is 0 Å². The monoisotopic (exact) mass is 232 g/mol. The topological polar surface area (TPSA) is 46.5 Å². The Bertz CT molecular complexity index is 451. The second-order valence-electron chi connectivity index (χ2n) is 5.13. The number of ether oxygens (including phenoxy) is 1. The van der Waals surface area contributed by atoms with Crippen molar-refractivity contribution in [3.63, 3.8) is 0 Å². The molecule has 0 aromatic heterocycles. The van der Waals surface area contributed by atoms with Gasteiger partial charge in [0, 0.05) is 12.0 Å². The van der Waals surface area contributed by atoms with Crippen molar-refractivity contribution in [2.45, 2.75) is 31.1 Å². The van der Waals surface area contributed by atoms with Crippen LogP contribution in [0.25, 0.3) is 0 Å². The minimum absolute atomic E-state index is 0.510. The molecule has 2 aliphatic rings. The van der Waals surface area contributed by atoms with Gasteiger partial charge in [0.2, 0.25) is 0 Å². The lowest BCUT2D eigenvalue weighted by atomic mass is 9.72. The van der Waals surface area contributed by atoms with Crippen LogP contribution < -0.4 is 4.74 Å². The summed E-state index contributed by atoms with van der Waals surface area (Å²) in [4.78, 5) is 11.7. The Hall–Kier alpha value is -1.51. The normalized spacial score (nSPS) is 27.1. The fourth-order valence-electron chi connectivity index (χ4n) is 2.79. The predicted molar refractivity (Wildman–Crippen MR) is 63.2 cm³/mol. The van der Waals surface area contributed by atoms with E-state index in [1.807, 2.05) is 24.3 Å². The highest BCUT2D eigenvalue weighted by Gasteiger charge is 2.47. The van der Waals surface area contributed by atoms with Gasteiger partial charge < -0.3 is 9.84 Å². The summed E-state index contributed by atoms with van der Waals surface area (Å²) < 4.78 is 5.57. The minimum Gasteiger partial charge on any atom is -0.493 e. The maximum atomic E-state index is 11.7. The van der Waals surface area contributed by atoms with E-state index in [0.29, 0.717) is 18.9 Å². The van der Waals surface area contributed by atoms with Gasteiger partial charge in [-0.25, -0.2) is 0 Å². The van der Waals surface area contributed by atoms with Crippen LogP contribution in [0.15, 0.2) is 24.3 Å². The number of carboxylic acid groups (broad SMARTS) is 1. The summed E-state index contributed by atoms with van der Waals surface area (Å²) >= 11 is 0. The number of rotatable bonds is 3. The third-order valence-electron chi connectivity index (χ3n) is 3.93. The zero-order chi connectivity index (χ0) is 11.9. The van der Waals surface area contributed by atoms with E-state index in [0.717, 1.165) is 17.7 Å². The molecule has 1 unspecified atom stereocenters. The number of hydrogen-bond acceptors (Lipinski definition) is 2. The molecular weight excluding hydrogens is 216 g/mol. The van der Waals surface area contributed by atoms with E-state index in [-0.39, 0.29) is 0 Å². The van der Waals surface area contributed by atoms with Crippen LogP contribution in [-0.2, 0) is 10.2 Å². The highest BCUT2D eigenvalue weighted by atomic mass is 16.5. The van der Waals surface area contributed by atoms with Gasteiger partial charge in [0.25, 0.3) is 0 Å². The molecule has 1 heterocycles. The van der Waals surface area contributed by atoms with E-state index in [4.69, 9.17) is 4.74 Å². The predicted octanol–water partition coefficient (Wildman–Crippen LogP) is 2.59. The smallest absolute Gasteiger partial charge is 0.314 e. The number of fused-ring (bicyclic) bond motifs is 1. The van der Waals surface area contributed by atoms with Crippen LogP contribution in [0.1, 0.15) is 31.2 Å². The lowest BCUT2D eigenvalue weighted by Gasteiger charge is -2.35. The maximum Gasteiger partial charge on any atom is 0.314 e. The number of carbonyl (C=O) groups is 1. The first-order valence-electron chi connectivity index (χ1n) is 6.18. The Morgan fingerprint density at radius 1 is 1.41 bits per heavy atom. The third kappa shape index (κ3) is 1.70. The average molecular weight is 232 g/mol. The van der Waals surface area contributed by atoms with Crippen molar-refractivity contribution < 1.29 is 14.6 Å². The third-order valence-corrected chi connectivity index (χ3v) is 3.93. The van der Waals surface area contributed by atoms with Crippen LogP contribution in [0.3, 0.4) is 0 Å². The highest BCUT2D eigenvalue weighted by molar-refractivity contribution is 5.83. The summed E-state index contributed by atoms with van der Waals surface area (Å²) in [5.74, 6) is 0.652. The molecule has 1 aromatic rings. The van der Waals surface area contributed by atoms with Crippen molar-refractivity contribution in [1.82, 2.24) is 0 Å². The first-order chi connectivity index (χ1) is 8.22. The van der Waals surface area contributed by atoms with Crippen molar-refractivity contribution in [2.24, 2.45) is 5.92 Å². The first kappa shape index (κ1) is 10.6. The van der Waals surface area contributed by atoms with Crippen LogP contribution in [-0.4, -0.2) is 17.7 Å². The molecule has 1 saturated carbocycles. The highest BCUT2D eigenvalue weighted by Crippen LogP contribution is 2.48. The van der Waals surface area contributed by atoms with Crippen LogP contribution in [0.4, 0.5) is 0 Å². The molecule has 3 rings (SSSR count). The van der Waals surface area contributed by atoms with Crippen molar-refractivity contribution in [3.8, 4) is 5.75 Å². The van der Waals surface area contributed by atoms with Crippen molar-refractivity contribution >= 4 is 5.97 Å². The molecule has 1 atom stereocenters. The Balaban J connectivity index is 2.06. The van der Waals surface area contributed by atoms with Gasteiger partial charge in [-0.2, -0.15) is 0 Å². The molecule has 3 heteroatoms. The molecule has 0 bridgehead atoms. The molecule has 0 radical (unpaired) electrons. The Morgan fingerprint density at radius 3 is 2.88 bits per heavy atom. The largest absolute Gasteiger partial charge is 0.493 e. The van der Waals surface area contributed by atoms with E-state index in [1.54, 1.807) is 0 Å². The molecule has 0 saturated heterocycles. The zero-order valence-corrected chi connectivity index (χ0v) is 9.69. The standard InChI is InChI=1S/C14H16O3/c15-13(16)14(9-10-5-6-10)7-8-17-12-4-2-1-3-11(12)14/h1-4,10H,5-9H2,(H,15,16).